The molecule has 3 aromatic carbocycles. The van der Waals surface area contributed by atoms with Gasteiger partial charge < -0.3 is 9.76 Å². The summed E-state index contributed by atoms with van der Waals surface area (Å²) in [4.78, 5) is 0. The summed E-state index contributed by atoms with van der Waals surface area (Å²) in [5.41, 5.74) is 8.93. The average molecular weight is 462 g/mol. The maximum Gasteiger partial charge on any atom is 0.309 e. The van der Waals surface area contributed by atoms with Gasteiger partial charge in [-0.2, -0.15) is 0 Å². The molecule has 4 aliphatic carbocycles. The van der Waals surface area contributed by atoms with Gasteiger partial charge in [0, 0.05) is 0 Å². The lowest BCUT2D eigenvalue weighted by Gasteiger charge is -2.78. The van der Waals surface area contributed by atoms with Gasteiger partial charge in [0.2, 0.25) is 0 Å². The van der Waals surface area contributed by atoms with Gasteiger partial charge in [-0.15, -0.1) is 0 Å². The number of fused-ring (bicyclic) bond motifs is 5. The highest BCUT2D eigenvalue weighted by Gasteiger charge is 2.76. The summed E-state index contributed by atoms with van der Waals surface area (Å²) in [6, 6.07) is 25.3. The molecule has 0 aromatic heterocycles. The molecular weight excluding hydrogens is 427 g/mol. The summed E-state index contributed by atoms with van der Waals surface area (Å²) in [6.45, 7) is 7.49. The van der Waals surface area contributed by atoms with Crippen molar-refractivity contribution in [3.05, 3.63) is 77.9 Å². The van der Waals surface area contributed by atoms with E-state index < -0.39 is 11.2 Å². The Morgan fingerprint density at radius 2 is 1.40 bits per heavy atom. The first-order valence-electron chi connectivity index (χ1n) is 13.4. The first-order valence-corrected chi connectivity index (χ1v) is 13.4. The Balaban J connectivity index is 1.21. The third-order valence-electron chi connectivity index (χ3n) is 10.6. The Morgan fingerprint density at radius 1 is 0.771 bits per heavy atom. The molecule has 3 heteroatoms. The molecule has 0 bridgehead atoms. The lowest BCUT2D eigenvalue weighted by atomic mass is 9.25. The van der Waals surface area contributed by atoms with Gasteiger partial charge in [-0.25, -0.2) is 0 Å². The van der Waals surface area contributed by atoms with Crippen LogP contribution in [0.5, 0.6) is 0 Å². The maximum atomic E-state index is 10.4. The van der Waals surface area contributed by atoms with E-state index in [4.69, 9.17) is 4.65 Å². The summed E-state index contributed by atoms with van der Waals surface area (Å²) in [6.07, 6.45) is 4.25. The molecule has 0 aliphatic heterocycles. The van der Waals surface area contributed by atoms with Crippen LogP contribution in [0.3, 0.4) is 0 Å². The molecule has 3 saturated carbocycles. The SMILES string of the molecule is CC(C)(O)C(C)(C)OBc1ccc(-c2ccc3c(c2)C2CC4CC5CC(c6ccccc6-3)C542)cc1. The van der Waals surface area contributed by atoms with Crippen molar-refractivity contribution in [3.8, 4) is 22.3 Å². The minimum atomic E-state index is -0.896. The first kappa shape index (κ1) is 21.9. The fourth-order valence-corrected chi connectivity index (χ4v) is 7.91. The van der Waals surface area contributed by atoms with Crippen molar-refractivity contribution in [2.24, 2.45) is 17.3 Å². The zero-order valence-corrected chi connectivity index (χ0v) is 21.3. The van der Waals surface area contributed by atoms with Crippen LogP contribution in [0, 0.1) is 17.3 Å². The van der Waals surface area contributed by atoms with E-state index in [0.717, 1.165) is 29.1 Å². The summed E-state index contributed by atoms with van der Waals surface area (Å²) in [5, 5.41) is 10.4. The van der Waals surface area contributed by atoms with E-state index in [0.29, 0.717) is 12.9 Å². The van der Waals surface area contributed by atoms with E-state index in [9.17, 15) is 5.11 Å². The van der Waals surface area contributed by atoms with Crippen molar-refractivity contribution in [1.82, 2.24) is 0 Å². The van der Waals surface area contributed by atoms with E-state index >= 15 is 0 Å². The molecule has 35 heavy (non-hydrogen) atoms. The van der Waals surface area contributed by atoms with Crippen LogP contribution in [-0.2, 0) is 4.65 Å². The molecule has 3 aromatic rings. The molecular formula is C32H35BO2. The normalized spacial score (nSPS) is 29.7. The predicted octanol–water partition coefficient (Wildman–Crippen LogP) is 6.17. The van der Waals surface area contributed by atoms with Crippen LogP contribution in [0.25, 0.3) is 22.3 Å². The Hall–Kier alpha value is -2.36. The van der Waals surface area contributed by atoms with Gasteiger partial charge in [0.25, 0.3) is 0 Å². The second-order valence-electron chi connectivity index (χ2n) is 12.7. The van der Waals surface area contributed by atoms with Crippen molar-refractivity contribution < 1.29 is 9.76 Å². The molecule has 4 aliphatic rings. The van der Waals surface area contributed by atoms with Gasteiger partial charge in [0.1, 0.15) is 0 Å². The highest BCUT2D eigenvalue weighted by Crippen LogP contribution is 2.85. The standard InChI is InChI=1S/C32H35BO2/c1-30(2,34)31(3,4)35-33-23-12-9-19(10-13-23)20-11-14-25-24-7-5-6-8-26(24)28-17-21-16-22-18-29(27(25)15-20)32(21,22)28/h5-15,21-22,28-29,33-34H,16-18H2,1-4H3. The third kappa shape index (κ3) is 2.86. The molecule has 0 radical (unpaired) electrons. The van der Waals surface area contributed by atoms with Crippen LogP contribution in [0.1, 0.15) is 69.9 Å². The zero-order chi connectivity index (χ0) is 24.2. The summed E-state index contributed by atoms with van der Waals surface area (Å²) in [5.74, 6) is 3.39. The number of rotatable bonds is 5. The van der Waals surface area contributed by atoms with Crippen LogP contribution in [0.15, 0.2) is 66.7 Å². The monoisotopic (exact) mass is 462 g/mol. The predicted molar refractivity (Wildman–Crippen MR) is 144 cm³/mol. The fourth-order valence-electron chi connectivity index (χ4n) is 7.91. The average Bonchev–Trinajstić information content (AvgIpc) is 2.91. The van der Waals surface area contributed by atoms with Crippen LogP contribution in [0.2, 0.25) is 0 Å². The van der Waals surface area contributed by atoms with Crippen LogP contribution in [0.4, 0.5) is 0 Å². The molecule has 3 fully saturated rings. The lowest BCUT2D eigenvalue weighted by molar-refractivity contribution is -0.252. The van der Waals surface area contributed by atoms with E-state index in [-0.39, 0.29) is 0 Å². The second-order valence-corrected chi connectivity index (χ2v) is 12.7. The van der Waals surface area contributed by atoms with Crippen LogP contribution in [-0.4, -0.2) is 23.8 Å². The van der Waals surface area contributed by atoms with Crippen molar-refractivity contribution in [2.75, 3.05) is 0 Å². The molecule has 0 saturated heterocycles. The number of hydrogen-bond acceptors (Lipinski definition) is 2. The number of hydrogen-bond donors (Lipinski definition) is 1. The van der Waals surface area contributed by atoms with E-state index in [1.165, 1.54) is 41.5 Å². The van der Waals surface area contributed by atoms with Gasteiger partial charge >= 0.3 is 7.48 Å². The largest absolute Gasteiger partial charge is 0.427 e. The molecule has 0 amide bonds. The quantitative estimate of drug-likeness (QED) is 0.460. The maximum absolute atomic E-state index is 10.4. The number of aliphatic hydroxyl groups is 1. The summed E-state index contributed by atoms with van der Waals surface area (Å²) < 4.78 is 6.07. The van der Waals surface area contributed by atoms with E-state index in [1.807, 2.05) is 13.8 Å². The zero-order valence-electron chi connectivity index (χ0n) is 21.3. The van der Waals surface area contributed by atoms with Crippen LogP contribution < -0.4 is 5.46 Å². The van der Waals surface area contributed by atoms with Gasteiger partial charge in [-0.3, -0.25) is 0 Å². The van der Waals surface area contributed by atoms with Crippen molar-refractivity contribution in [2.45, 2.75) is 70.0 Å². The van der Waals surface area contributed by atoms with Gasteiger partial charge in [-0.1, -0.05) is 72.2 Å². The van der Waals surface area contributed by atoms with Crippen molar-refractivity contribution in [3.63, 3.8) is 0 Å². The topological polar surface area (TPSA) is 29.5 Å². The molecule has 1 N–H and O–H groups in total. The van der Waals surface area contributed by atoms with Gasteiger partial charge in [-0.05, 0) is 109 Å². The second kappa shape index (κ2) is 7.11. The number of benzene rings is 3. The lowest BCUT2D eigenvalue weighted by Crippen LogP contribution is -2.70. The Morgan fingerprint density at radius 3 is 2.09 bits per heavy atom. The summed E-state index contributed by atoms with van der Waals surface area (Å²) in [7, 11) is 0.493. The Kier molecular flexibility index (Phi) is 4.45. The minimum absolute atomic E-state index is 0.493. The molecule has 7 rings (SSSR count). The molecule has 178 valence electrons. The highest BCUT2D eigenvalue weighted by molar-refractivity contribution is 6.47. The third-order valence-corrected chi connectivity index (χ3v) is 10.6. The molecule has 0 heterocycles. The molecule has 5 atom stereocenters. The molecule has 2 nitrogen and oxygen atoms in total. The Bertz CT molecular complexity index is 1310. The minimum Gasteiger partial charge on any atom is -0.427 e. The van der Waals surface area contributed by atoms with E-state index in [1.54, 1.807) is 25.0 Å². The van der Waals surface area contributed by atoms with Gasteiger partial charge in [0.05, 0.1) is 11.2 Å². The van der Waals surface area contributed by atoms with Crippen LogP contribution >= 0.6 is 0 Å². The first-order chi connectivity index (χ1) is 16.7. The van der Waals surface area contributed by atoms with Crippen molar-refractivity contribution in [1.29, 1.82) is 0 Å². The summed E-state index contributed by atoms with van der Waals surface area (Å²) >= 11 is 0. The fraction of sp³-hybridized carbons (Fsp3) is 0.438. The van der Waals surface area contributed by atoms with Crippen molar-refractivity contribution >= 4 is 12.9 Å². The smallest absolute Gasteiger partial charge is 0.309 e. The molecule has 1 spiro atoms. The Labute approximate surface area is 210 Å². The van der Waals surface area contributed by atoms with Gasteiger partial charge in [0.15, 0.2) is 0 Å². The van der Waals surface area contributed by atoms with E-state index in [2.05, 4.69) is 66.7 Å². The molecule has 5 unspecified atom stereocenters. The highest BCUT2D eigenvalue weighted by atomic mass is 16.5.